The molecule has 0 spiro atoms. The van der Waals surface area contributed by atoms with Crippen LogP contribution >= 0.6 is 11.3 Å². The van der Waals surface area contributed by atoms with E-state index in [0.29, 0.717) is 0 Å². The number of aliphatic hydroxyl groups is 1. The van der Waals surface area contributed by atoms with Gasteiger partial charge in [0.2, 0.25) is 17.7 Å². The van der Waals surface area contributed by atoms with Crippen LogP contribution in [0.5, 0.6) is 0 Å². The maximum atomic E-state index is 14.0. The summed E-state index contributed by atoms with van der Waals surface area (Å²) in [6, 6.07) is 5.87. The number of aliphatic hydroxyl groups excluding tert-OH is 1. The minimum Gasteiger partial charge on any atom is -0.391 e. The van der Waals surface area contributed by atoms with Gasteiger partial charge in [0.05, 0.1) is 81.6 Å². The number of aromatic nitrogens is 1. The lowest BCUT2D eigenvalue weighted by molar-refractivity contribution is -0.145. The average molecular weight is 817 g/mol. The van der Waals surface area contributed by atoms with E-state index in [1.165, 1.54) is 4.90 Å². The van der Waals surface area contributed by atoms with E-state index in [1.807, 2.05) is 58.9 Å². The molecule has 0 bridgehead atoms. The Balaban J connectivity index is 1.55. The maximum absolute atomic E-state index is 14.0. The minimum absolute atomic E-state index is 0.0468. The Morgan fingerprint density at radius 3 is 2.05 bits per heavy atom. The minimum atomic E-state index is -1.02. The summed E-state index contributed by atoms with van der Waals surface area (Å²) in [4.78, 5) is 52.9. The molecule has 1 aliphatic rings. The zero-order valence-corrected chi connectivity index (χ0v) is 34.2. The zero-order chi connectivity index (χ0) is 41.7. The smallest absolute Gasteiger partial charge is 0.246 e. The molecule has 1 saturated heterocycles. The highest BCUT2D eigenvalue weighted by Gasteiger charge is 2.44. The molecule has 2 aromatic rings. The van der Waals surface area contributed by atoms with E-state index in [2.05, 4.69) is 35.7 Å². The van der Waals surface area contributed by atoms with E-state index in [9.17, 15) is 19.5 Å². The Morgan fingerprint density at radius 2 is 1.51 bits per heavy atom. The number of β-amino-alcohol motifs (C(OH)–C–C–N with tert-alkyl or cyclic N) is 1. The van der Waals surface area contributed by atoms with Crippen molar-refractivity contribution in [3.05, 3.63) is 61.9 Å². The predicted octanol–water partition coefficient (Wildman–Crippen LogP) is 3.94. The number of carbonyl (C=O) groups excluding carboxylic acids is 3. The van der Waals surface area contributed by atoms with E-state index < -0.39 is 46.7 Å². The SMILES string of the molecule is Cc1ncsc1-c1ccc(CNC(=O)C2CC(O)CN2C(=O)C(NC(=O)COCC(C)(COCCOCCN=[N+]=[N-])COCCOCCN=[N+]=[N-])C(C)(C)C)cc1. The summed E-state index contributed by atoms with van der Waals surface area (Å²) in [6.45, 7) is 11.6. The van der Waals surface area contributed by atoms with Gasteiger partial charge in [-0.1, -0.05) is 62.2 Å². The third-order valence-electron chi connectivity index (χ3n) is 8.84. The molecule has 1 aromatic carbocycles. The Morgan fingerprint density at radius 1 is 0.930 bits per heavy atom. The highest BCUT2D eigenvalue weighted by Crippen LogP contribution is 2.28. The number of aryl methyl sites for hydroxylation is 1. The second-order valence-corrected chi connectivity index (χ2v) is 15.8. The van der Waals surface area contributed by atoms with Crippen molar-refractivity contribution in [2.45, 2.75) is 65.8 Å². The number of rotatable bonds is 26. The highest BCUT2D eigenvalue weighted by atomic mass is 32.1. The van der Waals surface area contributed by atoms with Crippen LogP contribution in [0.25, 0.3) is 31.3 Å². The number of carbonyl (C=O) groups is 3. The zero-order valence-electron chi connectivity index (χ0n) is 33.4. The second kappa shape index (κ2) is 24.4. The van der Waals surface area contributed by atoms with Gasteiger partial charge in [-0.15, -0.1) is 11.3 Å². The van der Waals surface area contributed by atoms with Crippen molar-refractivity contribution in [3.63, 3.8) is 0 Å². The fourth-order valence-electron chi connectivity index (χ4n) is 5.88. The number of nitrogens with one attached hydrogen (secondary N) is 2. The fourth-order valence-corrected chi connectivity index (χ4v) is 6.69. The summed E-state index contributed by atoms with van der Waals surface area (Å²) in [7, 11) is 0. The number of nitrogens with zero attached hydrogens (tertiary/aromatic N) is 8. The molecule has 2 heterocycles. The first-order valence-corrected chi connectivity index (χ1v) is 19.6. The van der Waals surface area contributed by atoms with Crippen LogP contribution in [0.3, 0.4) is 0 Å². The number of amides is 3. The van der Waals surface area contributed by atoms with Crippen LogP contribution in [-0.2, 0) is 44.6 Å². The van der Waals surface area contributed by atoms with Crippen LogP contribution in [-0.4, -0.2) is 137 Å². The van der Waals surface area contributed by atoms with Crippen molar-refractivity contribution in [2.75, 3.05) is 85.7 Å². The monoisotopic (exact) mass is 816 g/mol. The molecule has 3 unspecified atom stereocenters. The molecule has 0 saturated carbocycles. The van der Waals surface area contributed by atoms with Gasteiger partial charge >= 0.3 is 0 Å². The summed E-state index contributed by atoms with van der Waals surface area (Å²) in [5.74, 6) is -1.41. The summed E-state index contributed by atoms with van der Waals surface area (Å²) in [5.41, 5.74) is 20.0. The van der Waals surface area contributed by atoms with Gasteiger partial charge in [-0.05, 0) is 34.5 Å². The van der Waals surface area contributed by atoms with Gasteiger partial charge in [0.25, 0.3) is 0 Å². The molecular weight excluding hydrogens is 761 g/mol. The molecule has 3 atom stereocenters. The Bertz CT molecular complexity index is 1630. The number of thiazole rings is 1. The molecule has 1 aromatic heterocycles. The summed E-state index contributed by atoms with van der Waals surface area (Å²) < 4.78 is 28.3. The van der Waals surface area contributed by atoms with Crippen molar-refractivity contribution < 1.29 is 43.2 Å². The van der Waals surface area contributed by atoms with Gasteiger partial charge in [0.15, 0.2) is 0 Å². The molecule has 1 fully saturated rings. The summed E-state index contributed by atoms with van der Waals surface area (Å²) in [6.07, 6.45) is -0.830. The fraction of sp³-hybridized carbons (Fsp3) is 0.676. The van der Waals surface area contributed by atoms with E-state index in [-0.39, 0.29) is 98.7 Å². The first kappa shape index (κ1) is 47.0. The van der Waals surface area contributed by atoms with Crippen molar-refractivity contribution in [1.82, 2.24) is 20.5 Å². The van der Waals surface area contributed by atoms with E-state index in [4.69, 9.17) is 34.7 Å². The molecule has 0 radical (unpaired) electrons. The lowest BCUT2D eigenvalue weighted by Gasteiger charge is -2.35. The third kappa shape index (κ3) is 16.6. The lowest BCUT2D eigenvalue weighted by atomic mass is 9.85. The van der Waals surface area contributed by atoms with Crippen molar-refractivity contribution in [3.8, 4) is 10.4 Å². The largest absolute Gasteiger partial charge is 0.391 e. The molecule has 3 rings (SSSR count). The molecule has 57 heavy (non-hydrogen) atoms. The van der Waals surface area contributed by atoms with Gasteiger partial charge in [-0.3, -0.25) is 14.4 Å². The summed E-state index contributed by atoms with van der Waals surface area (Å²) in [5, 5.41) is 23.1. The number of hydrogen-bond donors (Lipinski definition) is 3. The Kier molecular flexibility index (Phi) is 20.1. The van der Waals surface area contributed by atoms with E-state index >= 15 is 0 Å². The topological polar surface area (TPSA) is 255 Å². The quantitative estimate of drug-likeness (QED) is 0.0533. The van der Waals surface area contributed by atoms with Crippen molar-refractivity contribution >= 4 is 29.1 Å². The molecular formula is C37H56N10O9S. The number of benzene rings is 1. The normalized spacial score (nSPS) is 16.9. The standard InChI is InChI=1S/C37H56N10O9S/c1-26-32(57-25-41-26)28-8-6-27(7-9-28)19-40-34(50)30-18-29(48)20-47(30)35(51)33(36(2,3)4)44-31(49)21-56-24-37(5,22-54-16-14-52-12-10-42-45-38)23-55-17-15-53-13-11-43-46-39/h6-9,25,29-30,33,48H,10-24H2,1-5H3,(H,40,50)(H,44,49). The number of likely N-dealkylation sites (tertiary alicyclic amines) is 1. The predicted molar refractivity (Wildman–Crippen MR) is 212 cm³/mol. The van der Waals surface area contributed by atoms with Gasteiger partial charge < -0.3 is 44.3 Å². The molecule has 314 valence electrons. The number of azide groups is 2. The molecule has 1 aliphatic heterocycles. The van der Waals surface area contributed by atoms with Gasteiger partial charge in [0.1, 0.15) is 18.7 Å². The van der Waals surface area contributed by atoms with Crippen LogP contribution in [0.2, 0.25) is 0 Å². The maximum Gasteiger partial charge on any atom is 0.246 e. The summed E-state index contributed by atoms with van der Waals surface area (Å²) >= 11 is 1.56. The van der Waals surface area contributed by atoms with Crippen LogP contribution in [0, 0.1) is 17.8 Å². The Hall–Kier alpha value is -4.36. The molecule has 0 aliphatic carbocycles. The van der Waals surface area contributed by atoms with Crippen LogP contribution in [0.15, 0.2) is 40.0 Å². The molecule has 19 nitrogen and oxygen atoms in total. The van der Waals surface area contributed by atoms with Gasteiger partial charge in [0, 0.05) is 47.8 Å². The van der Waals surface area contributed by atoms with Crippen molar-refractivity contribution in [1.29, 1.82) is 0 Å². The first-order valence-electron chi connectivity index (χ1n) is 18.7. The first-order chi connectivity index (χ1) is 27.3. The average Bonchev–Trinajstić information content (AvgIpc) is 3.79. The van der Waals surface area contributed by atoms with E-state index in [1.54, 1.807) is 16.8 Å². The molecule has 3 amide bonds. The van der Waals surface area contributed by atoms with Crippen LogP contribution in [0.1, 0.15) is 45.4 Å². The Labute approximate surface area is 337 Å². The van der Waals surface area contributed by atoms with E-state index in [0.717, 1.165) is 21.7 Å². The van der Waals surface area contributed by atoms with Crippen LogP contribution < -0.4 is 10.6 Å². The number of ether oxygens (including phenoxy) is 5. The van der Waals surface area contributed by atoms with Gasteiger partial charge in [-0.2, -0.15) is 0 Å². The second-order valence-electron chi connectivity index (χ2n) is 15.0. The number of hydrogen-bond acceptors (Lipinski definition) is 13. The lowest BCUT2D eigenvalue weighted by Crippen LogP contribution is -2.58. The van der Waals surface area contributed by atoms with Gasteiger partial charge in [-0.25, -0.2) is 4.98 Å². The highest BCUT2D eigenvalue weighted by molar-refractivity contribution is 7.13. The third-order valence-corrected chi connectivity index (χ3v) is 9.82. The van der Waals surface area contributed by atoms with Crippen molar-refractivity contribution in [2.24, 2.45) is 21.1 Å². The van der Waals surface area contributed by atoms with Crippen LogP contribution in [0.4, 0.5) is 0 Å². The molecule has 20 heteroatoms. The molecule has 3 N–H and O–H groups in total.